The van der Waals surface area contributed by atoms with Crippen molar-refractivity contribution in [3.63, 3.8) is 0 Å². The summed E-state index contributed by atoms with van der Waals surface area (Å²) in [6, 6.07) is 88.6. The van der Waals surface area contributed by atoms with Gasteiger partial charge in [0, 0.05) is 33.5 Å². The zero-order chi connectivity index (χ0) is 44.7. The third kappa shape index (κ3) is 7.53. The number of fused-ring (bicyclic) bond motifs is 4. The van der Waals surface area contributed by atoms with Gasteiger partial charge in [-0.3, -0.25) is 0 Å². The molecule has 11 aromatic rings. The Balaban J connectivity index is 0.963. The van der Waals surface area contributed by atoms with Gasteiger partial charge in [-0.25, -0.2) is 0 Å². The van der Waals surface area contributed by atoms with E-state index in [9.17, 15) is 0 Å². The van der Waals surface area contributed by atoms with Crippen molar-refractivity contribution in [3.05, 3.63) is 266 Å². The second-order valence-corrected chi connectivity index (χ2v) is 17.8. The van der Waals surface area contributed by atoms with Gasteiger partial charge in [0.15, 0.2) is 0 Å². The highest BCUT2D eigenvalue weighted by Crippen LogP contribution is 2.44. The summed E-state index contributed by atoms with van der Waals surface area (Å²) in [5.41, 5.74) is 19.4. The molecule has 0 bridgehead atoms. The summed E-state index contributed by atoms with van der Waals surface area (Å²) in [5, 5.41) is 4.97. The van der Waals surface area contributed by atoms with Crippen LogP contribution in [0.3, 0.4) is 0 Å². The predicted molar refractivity (Wildman–Crippen MR) is 285 cm³/mol. The molecule has 1 aliphatic rings. The highest BCUT2D eigenvalue weighted by Gasteiger charge is 2.21. The molecule has 0 fully saturated rings. The predicted octanol–water partition coefficient (Wildman–Crippen LogP) is 17.9. The maximum atomic E-state index is 2.43. The first kappa shape index (κ1) is 40.1. The standard InChI is InChI=1S/C65H48N2/c1-45-41-54(35-40-60(45)51-17-7-3-8-18-51)50-33-38-58(39-34-50)66(57-36-31-49(32-37-57)48-29-27-47(28-30-48)46-15-5-2-6-16-46)59-24-13-21-55(42-59)61-25-14-26-63-65(61)62-43-52-19-11-12-20-53(52)44-64(62)67(63)56-22-9-4-10-23-56/h2-40,42-45H,41H2,1H3. The molecule has 0 spiro atoms. The minimum atomic E-state index is 0.430. The topological polar surface area (TPSA) is 8.17 Å². The normalized spacial score (nSPS) is 13.7. The van der Waals surface area contributed by atoms with Gasteiger partial charge in [-0.15, -0.1) is 0 Å². The maximum Gasteiger partial charge on any atom is 0.0547 e. The molecule has 1 unspecified atom stereocenters. The second kappa shape index (κ2) is 17.2. The van der Waals surface area contributed by atoms with Crippen molar-refractivity contribution in [2.24, 2.45) is 5.92 Å². The van der Waals surface area contributed by atoms with Crippen LogP contribution < -0.4 is 4.90 Å². The summed E-state index contributed by atoms with van der Waals surface area (Å²) >= 11 is 0. The van der Waals surface area contributed by atoms with E-state index in [1.54, 1.807) is 0 Å². The van der Waals surface area contributed by atoms with Gasteiger partial charge in [-0.2, -0.15) is 0 Å². The molecule has 318 valence electrons. The molecule has 12 rings (SSSR count). The van der Waals surface area contributed by atoms with E-state index >= 15 is 0 Å². The molecular weight excluding hydrogens is 809 g/mol. The van der Waals surface area contributed by atoms with Crippen LogP contribution in [0.5, 0.6) is 0 Å². The molecule has 0 saturated heterocycles. The number of nitrogens with zero attached hydrogens (tertiary/aromatic N) is 2. The Hall–Kier alpha value is -8.46. The number of para-hydroxylation sites is 1. The van der Waals surface area contributed by atoms with Crippen LogP contribution >= 0.6 is 0 Å². The summed E-state index contributed by atoms with van der Waals surface area (Å²) < 4.78 is 2.43. The number of anilines is 3. The van der Waals surface area contributed by atoms with Gasteiger partial charge < -0.3 is 9.47 Å². The number of benzene rings is 10. The molecule has 0 amide bonds. The summed E-state index contributed by atoms with van der Waals surface area (Å²) in [6.45, 7) is 2.35. The highest BCUT2D eigenvalue weighted by molar-refractivity contribution is 6.18. The third-order valence-electron chi connectivity index (χ3n) is 13.7. The largest absolute Gasteiger partial charge is 0.310 e. The van der Waals surface area contributed by atoms with E-state index in [4.69, 9.17) is 0 Å². The van der Waals surface area contributed by atoms with E-state index in [0.717, 1.165) is 29.2 Å². The van der Waals surface area contributed by atoms with Gasteiger partial charge in [0.1, 0.15) is 0 Å². The average molecular weight is 857 g/mol. The fourth-order valence-corrected chi connectivity index (χ4v) is 10.3. The third-order valence-corrected chi connectivity index (χ3v) is 13.7. The average Bonchev–Trinajstić information content (AvgIpc) is 3.72. The molecule has 10 aromatic carbocycles. The van der Waals surface area contributed by atoms with Gasteiger partial charge in [0.05, 0.1) is 11.0 Å². The Morgan fingerprint density at radius 2 is 0.910 bits per heavy atom. The van der Waals surface area contributed by atoms with Gasteiger partial charge >= 0.3 is 0 Å². The van der Waals surface area contributed by atoms with Crippen LogP contribution in [0.15, 0.2) is 255 Å². The number of allylic oxidation sites excluding steroid dienone is 4. The Kier molecular flexibility index (Phi) is 10.3. The fraction of sp³-hybridized carbons (Fsp3) is 0.0462. The van der Waals surface area contributed by atoms with E-state index in [-0.39, 0.29) is 0 Å². The quantitative estimate of drug-likeness (QED) is 0.140. The lowest BCUT2D eigenvalue weighted by molar-refractivity contribution is 0.771. The van der Waals surface area contributed by atoms with Crippen molar-refractivity contribution in [1.29, 1.82) is 0 Å². The lowest BCUT2D eigenvalue weighted by Gasteiger charge is -2.27. The zero-order valence-corrected chi connectivity index (χ0v) is 37.4. The zero-order valence-electron chi connectivity index (χ0n) is 37.4. The minimum Gasteiger partial charge on any atom is -0.310 e. The van der Waals surface area contributed by atoms with Crippen molar-refractivity contribution in [1.82, 2.24) is 4.57 Å². The molecule has 2 heteroatoms. The Morgan fingerprint density at radius 3 is 1.55 bits per heavy atom. The molecule has 1 atom stereocenters. The summed E-state index contributed by atoms with van der Waals surface area (Å²) in [6.07, 6.45) is 5.64. The lowest BCUT2D eigenvalue weighted by atomic mass is 9.82. The van der Waals surface area contributed by atoms with E-state index in [2.05, 4.69) is 271 Å². The van der Waals surface area contributed by atoms with Crippen LogP contribution in [0, 0.1) is 5.92 Å². The Morgan fingerprint density at radius 1 is 0.388 bits per heavy atom. The smallest absolute Gasteiger partial charge is 0.0547 e. The van der Waals surface area contributed by atoms with Crippen molar-refractivity contribution in [2.75, 3.05) is 4.90 Å². The summed E-state index contributed by atoms with van der Waals surface area (Å²) in [5.74, 6) is 0.430. The first-order chi connectivity index (χ1) is 33.1. The SMILES string of the molecule is CC1CC(c2ccc(N(c3ccc(-c4ccc(-c5ccccc5)cc4)cc3)c3cccc(-c4cccc5c4c4cc6ccccc6cc4n5-c4ccccc4)c3)cc2)=CC=C1c1ccccc1. The van der Waals surface area contributed by atoms with Gasteiger partial charge in [0.2, 0.25) is 0 Å². The maximum absolute atomic E-state index is 2.43. The Labute approximate surface area is 392 Å². The summed E-state index contributed by atoms with van der Waals surface area (Å²) in [4.78, 5) is 2.40. The van der Waals surface area contributed by atoms with Crippen LogP contribution in [0.2, 0.25) is 0 Å². The van der Waals surface area contributed by atoms with E-state index in [1.165, 1.54) is 88.2 Å². The highest BCUT2D eigenvalue weighted by atomic mass is 15.1. The summed E-state index contributed by atoms with van der Waals surface area (Å²) in [7, 11) is 0. The second-order valence-electron chi connectivity index (χ2n) is 17.8. The number of rotatable bonds is 9. The molecule has 0 saturated carbocycles. The van der Waals surface area contributed by atoms with Crippen LogP contribution in [-0.4, -0.2) is 4.57 Å². The van der Waals surface area contributed by atoms with Crippen molar-refractivity contribution >= 4 is 60.8 Å². The molecule has 1 heterocycles. The van der Waals surface area contributed by atoms with Crippen LogP contribution in [0.4, 0.5) is 17.1 Å². The first-order valence-corrected chi connectivity index (χ1v) is 23.4. The van der Waals surface area contributed by atoms with Gasteiger partial charge in [0.25, 0.3) is 0 Å². The molecule has 2 nitrogen and oxygen atoms in total. The van der Waals surface area contributed by atoms with Gasteiger partial charge in [-0.1, -0.05) is 195 Å². The number of hydrogen-bond acceptors (Lipinski definition) is 1. The molecule has 0 N–H and O–H groups in total. The first-order valence-electron chi connectivity index (χ1n) is 23.4. The van der Waals surface area contributed by atoms with Crippen molar-refractivity contribution in [3.8, 4) is 39.1 Å². The van der Waals surface area contributed by atoms with E-state index < -0.39 is 0 Å². The molecule has 1 aromatic heterocycles. The molecule has 0 radical (unpaired) electrons. The Bertz CT molecular complexity index is 3620. The van der Waals surface area contributed by atoms with E-state index in [0.29, 0.717) is 5.92 Å². The number of hydrogen-bond donors (Lipinski definition) is 0. The van der Waals surface area contributed by atoms with Crippen molar-refractivity contribution in [2.45, 2.75) is 13.3 Å². The van der Waals surface area contributed by atoms with Crippen LogP contribution in [-0.2, 0) is 0 Å². The van der Waals surface area contributed by atoms with Crippen LogP contribution in [0.25, 0.3) is 82.8 Å². The van der Waals surface area contributed by atoms with Gasteiger partial charge in [-0.05, 0) is 145 Å². The number of aromatic nitrogens is 1. The minimum absolute atomic E-state index is 0.430. The lowest BCUT2D eigenvalue weighted by Crippen LogP contribution is -2.10. The molecule has 67 heavy (non-hydrogen) atoms. The molecule has 1 aliphatic carbocycles. The fourth-order valence-electron chi connectivity index (χ4n) is 10.3. The van der Waals surface area contributed by atoms with Crippen LogP contribution in [0.1, 0.15) is 24.5 Å². The molecular formula is C65H48N2. The monoisotopic (exact) mass is 856 g/mol. The molecule has 0 aliphatic heterocycles. The van der Waals surface area contributed by atoms with Crippen molar-refractivity contribution < 1.29 is 0 Å². The van der Waals surface area contributed by atoms with E-state index in [1.807, 2.05) is 0 Å².